The lowest BCUT2D eigenvalue weighted by Crippen LogP contribution is -2.41. The van der Waals surface area contributed by atoms with Crippen molar-refractivity contribution < 1.29 is 4.39 Å². The highest BCUT2D eigenvalue weighted by atomic mass is 19.1. The van der Waals surface area contributed by atoms with Gasteiger partial charge in [0.2, 0.25) is 0 Å². The minimum absolute atomic E-state index is 0.136. The van der Waals surface area contributed by atoms with E-state index >= 15 is 0 Å². The van der Waals surface area contributed by atoms with Gasteiger partial charge in [0.25, 0.3) is 0 Å². The van der Waals surface area contributed by atoms with Crippen LogP contribution in [0.25, 0.3) is 0 Å². The van der Waals surface area contributed by atoms with Crippen LogP contribution in [0.2, 0.25) is 0 Å². The second kappa shape index (κ2) is 5.71. The summed E-state index contributed by atoms with van der Waals surface area (Å²) in [4.78, 5) is 4.15. The molecule has 0 aliphatic heterocycles. The van der Waals surface area contributed by atoms with Crippen molar-refractivity contribution in [2.45, 2.75) is 37.8 Å². The first-order valence-electron chi connectivity index (χ1n) is 7.14. The Bertz CT molecular complexity index is 564. The minimum Gasteiger partial charge on any atom is -0.307 e. The van der Waals surface area contributed by atoms with Crippen LogP contribution in [0, 0.1) is 5.82 Å². The summed E-state index contributed by atoms with van der Waals surface area (Å²) in [5.41, 5.74) is 2.33. The first kappa shape index (κ1) is 13.3. The van der Waals surface area contributed by atoms with Crippen molar-refractivity contribution in [3.63, 3.8) is 0 Å². The van der Waals surface area contributed by atoms with Gasteiger partial charge in [0.1, 0.15) is 5.82 Å². The maximum absolute atomic E-state index is 13.2. The van der Waals surface area contributed by atoms with Gasteiger partial charge < -0.3 is 5.32 Å². The van der Waals surface area contributed by atoms with Gasteiger partial charge in [0.05, 0.1) is 0 Å². The van der Waals surface area contributed by atoms with Crippen LogP contribution in [0.3, 0.4) is 0 Å². The lowest BCUT2D eigenvalue weighted by atomic mass is 9.75. The molecule has 1 aliphatic rings. The summed E-state index contributed by atoms with van der Waals surface area (Å²) in [6.07, 6.45) is 5.85. The van der Waals surface area contributed by atoms with Gasteiger partial charge in [-0.2, -0.15) is 0 Å². The van der Waals surface area contributed by atoms with E-state index in [1.54, 1.807) is 18.3 Å². The van der Waals surface area contributed by atoms with E-state index < -0.39 is 0 Å². The SMILES string of the molecule is CC(NC1CC(c2cccc(F)c2)C1)c1cccnc1. The molecule has 1 aromatic carbocycles. The van der Waals surface area contributed by atoms with E-state index in [1.165, 1.54) is 11.6 Å². The first-order valence-corrected chi connectivity index (χ1v) is 7.14. The Morgan fingerprint density at radius 1 is 1.25 bits per heavy atom. The van der Waals surface area contributed by atoms with Crippen LogP contribution in [0.15, 0.2) is 48.8 Å². The second-order valence-corrected chi connectivity index (χ2v) is 5.59. The van der Waals surface area contributed by atoms with E-state index in [0.29, 0.717) is 18.0 Å². The highest BCUT2D eigenvalue weighted by molar-refractivity contribution is 5.24. The van der Waals surface area contributed by atoms with Gasteiger partial charge in [-0.05, 0) is 55.0 Å². The average molecular weight is 270 g/mol. The fourth-order valence-electron chi connectivity index (χ4n) is 2.87. The van der Waals surface area contributed by atoms with Crippen LogP contribution in [-0.4, -0.2) is 11.0 Å². The Hall–Kier alpha value is -1.74. The van der Waals surface area contributed by atoms with Gasteiger partial charge in [-0.1, -0.05) is 18.2 Å². The lowest BCUT2D eigenvalue weighted by Gasteiger charge is -2.38. The standard InChI is InChI=1S/C17H19FN2/c1-12(14-5-3-7-19-11-14)20-17-9-15(10-17)13-4-2-6-16(18)8-13/h2-8,11-12,15,17,20H,9-10H2,1H3. The zero-order valence-electron chi connectivity index (χ0n) is 11.6. The molecule has 20 heavy (non-hydrogen) atoms. The average Bonchev–Trinajstić information content (AvgIpc) is 2.43. The van der Waals surface area contributed by atoms with Crippen molar-refractivity contribution in [2.75, 3.05) is 0 Å². The molecule has 2 nitrogen and oxygen atoms in total. The van der Waals surface area contributed by atoms with Gasteiger partial charge in [-0.15, -0.1) is 0 Å². The molecule has 0 saturated heterocycles. The molecule has 1 saturated carbocycles. The molecule has 1 aliphatic carbocycles. The minimum atomic E-state index is -0.136. The molecule has 3 rings (SSSR count). The molecule has 0 spiro atoms. The fourth-order valence-corrected chi connectivity index (χ4v) is 2.87. The van der Waals surface area contributed by atoms with Crippen LogP contribution in [0.4, 0.5) is 4.39 Å². The van der Waals surface area contributed by atoms with Crippen molar-refractivity contribution in [3.05, 3.63) is 65.7 Å². The largest absolute Gasteiger partial charge is 0.307 e. The van der Waals surface area contributed by atoms with Crippen molar-refractivity contribution in [3.8, 4) is 0 Å². The topological polar surface area (TPSA) is 24.9 Å². The van der Waals surface area contributed by atoms with Crippen molar-refractivity contribution in [1.82, 2.24) is 10.3 Å². The van der Waals surface area contributed by atoms with E-state index in [2.05, 4.69) is 23.3 Å². The number of hydrogen-bond donors (Lipinski definition) is 1. The summed E-state index contributed by atoms with van der Waals surface area (Å²) in [5.74, 6) is 0.354. The van der Waals surface area contributed by atoms with Crippen LogP contribution < -0.4 is 5.32 Å². The molecule has 3 heteroatoms. The maximum Gasteiger partial charge on any atom is 0.123 e. The fraction of sp³-hybridized carbons (Fsp3) is 0.353. The van der Waals surface area contributed by atoms with Crippen LogP contribution in [0.1, 0.15) is 42.9 Å². The first-order chi connectivity index (χ1) is 9.72. The molecule has 1 heterocycles. The molecule has 2 aromatic rings. The third-order valence-electron chi connectivity index (χ3n) is 4.13. The van der Waals surface area contributed by atoms with Crippen molar-refractivity contribution in [2.24, 2.45) is 0 Å². The summed E-state index contributed by atoms with van der Waals surface area (Å²) in [6, 6.07) is 11.9. The smallest absolute Gasteiger partial charge is 0.123 e. The number of halogens is 1. The molecule has 0 bridgehead atoms. The number of hydrogen-bond acceptors (Lipinski definition) is 2. The highest BCUT2D eigenvalue weighted by Crippen LogP contribution is 2.38. The van der Waals surface area contributed by atoms with Crippen LogP contribution in [-0.2, 0) is 0 Å². The second-order valence-electron chi connectivity index (χ2n) is 5.59. The molecule has 1 atom stereocenters. The Labute approximate surface area is 119 Å². The predicted octanol–water partition coefficient (Wildman–Crippen LogP) is 3.82. The van der Waals surface area contributed by atoms with Crippen molar-refractivity contribution in [1.29, 1.82) is 0 Å². The molecule has 1 N–H and O–H groups in total. The highest BCUT2D eigenvalue weighted by Gasteiger charge is 2.31. The maximum atomic E-state index is 13.2. The summed E-state index contributed by atoms with van der Waals surface area (Å²) >= 11 is 0. The number of aromatic nitrogens is 1. The third-order valence-corrected chi connectivity index (χ3v) is 4.13. The van der Waals surface area contributed by atoms with Gasteiger partial charge in [-0.25, -0.2) is 4.39 Å². The zero-order valence-corrected chi connectivity index (χ0v) is 11.6. The Kier molecular flexibility index (Phi) is 3.79. The quantitative estimate of drug-likeness (QED) is 0.913. The van der Waals surface area contributed by atoms with E-state index in [9.17, 15) is 4.39 Å². The van der Waals surface area contributed by atoms with E-state index in [0.717, 1.165) is 18.4 Å². The van der Waals surface area contributed by atoms with Crippen molar-refractivity contribution >= 4 is 0 Å². The monoisotopic (exact) mass is 270 g/mol. The van der Waals surface area contributed by atoms with E-state index in [1.807, 2.05) is 18.3 Å². The third kappa shape index (κ3) is 2.88. The normalized spacial score (nSPS) is 23.1. The molecular formula is C17H19FN2. The molecule has 104 valence electrons. The summed E-state index contributed by atoms with van der Waals surface area (Å²) in [7, 11) is 0. The molecule has 1 fully saturated rings. The van der Waals surface area contributed by atoms with Crippen LogP contribution in [0.5, 0.6) is 0 Å². The summed E-state index contributed by atoms with van der Waals surface area (Å²) < 4.78 is 13.2. The van der Waals surface area contributed by atoms with E-state index in [4.69, 9.17) is 0 Å². The van der Waals surface area contributed by atoms with Gasteiger partial charge >= 0.3 is 0 Å². The number of pyridine rings is 1. The number of nitrogens with zero attached hydrogens (tertiary/aromatic N) is 1. The Balaban J connectivity index is 1.54. The summed E-state index contributed by atoms with van der Waals surface area (Å²) in [6.45, 7) is 2.16. The van der Waals surface area contributed by atoms with Crippen LogP contribution >= 0.6 is 0 Å². The van der Waals surface area contributed by atoms with Gasteiger partial charge in [-0.3, -0.25) is 4.98 Å². The van der Waals surface area contributed by atoms with E-state index in [-0.39, 0.29) is 5.82 Å². The number of nitrogens with one attached hydrogen (secondary N) is 1. The molecule has 0 radical (unpaired) electrons. The summed E-state index contributed by atoms with van der Waals surface area (Å²) in [5, 5.41) is 3.61. The molecule has 0 amide bonds. The molecule has 1 unspecified atom stereocenters. The van der Waals surface area contributed by atoms with Gasteiger partial charge in [0.15, 0.2) is 0 Å². The number of rotatable bonds is 4. The molecule has 1 aromatic heterocycles. The molecular weight excluding hydrogens is 251 g/mol. The zero-order chi connectivity index (χ0) is 13.9. The number of benzene rings is 1. The van der Waals surface area contributed by atoms with Gasteiger partial charge in [0, 0.05) is 24.5 Å². The Morgan fingerprint density at radius 3 is 2.80 bits per heavy atom. The predicted molar refractivity (Wildman–Crippen MR) is 78.0 cm³/mol. The Morgan fingerprint density at radius 2 is 2.10 bits per heavy atom. The lowest BCUT2D eigenvalue weighted by molar-refractivity contribution is 0.270.